The van der Waals surface area contributed by atoms with Gasteiger partial charge in [-0.15, -0.1) is 0 Å². The minimum Gasteiger partial charge on any atom is -0.365 e. The standard InChI is InChI=1S/C14H18N4O3/c1-10(2)8-16-14(19)9-17(3)12-4-5-13(18(20)21)11(6-12)7-15/h4-6,10H,8-9H2,1-3H3,(H,16,19). The molecule has 0 unspecified atom stereocenters. The van der Waals surface area contributed by atoms with Crippen molar-refractivity contribution in [1.82, 2.24) is 5.32 Å². The Morgan fingerprint density at radius 1 is 1.52 bits per heavy atom. The van der Waals surface area contributed by atoms with E-state index >= 15 is 0 Å². The van der Waals surface area contributed by atoms with Crippen LogP contribution in [0.2, 0.25) is 0 Å². The van der Waals surface area contributed by atoms with E-state index in [2.05, 4.69) is 5.32 Å². The Hall–Kier alpha value is -2.62. The van der Waals surface area contributed by atoms with Gasteiger partial charge in [0.1, 0.15) is 11.6 Å². The van der Waals surface area contributed by atoms with Crippen molar-refractivity contribution in [2.75, 3.05) is 25.0 Å². The SMILES string of the molecule is CC(C)CNC(=O)CN(C)c1ccc([N+](=O)[O-])c(C#N)c1. The van der Waals surface area contributed by atoms with Crippen LogP contribution in [0.5, 0.6) is 0 Å². The number of benzene rings is 1. The molecule has 0 fully saturated rings. The summed E-state index contributed by atoms with van der Waals surface area (Å²) in [6.45, 7) is 4.71. The van der Waals surface area contributed by atoms with Crippen molar-refractivity contribution in [3.8, 4) is 6.07 Å². The van der Waals surface area contributed by atoms with Crippen LogP contribution in [0.3, 0.4) is 0 Å². The number of amides is 1. The number of carbonyl (C=O) groups excluding carboxylic acids is 1. The molecule has 0 heterocycles. The fraction of sp³-hybridized carbons (Fsp3) is 0.429. The van der Waals surface area contributed by atoms with E-state index in [1.807, 2.05) is 13.8 Å². The number of rotatable bonds is 6. The topological polar surface area (TPSA) is 99.3 Å². The molecular formula is C14H18N4O3. The second kappa shape index (κ2) is 7.24. The van der Waals surface area contributed by atoms with E-state index in [-0.39, 0.29) is 23.7 Å². The van der Waals surface area contributed by atoms with Crippen LogP contribution in [0.4, 0.5) is 11.4 Å². The largest absolute Gasteiger partial charge is 0.365 e. The summed E-state index contributed by atoms with van der Waals surface area (Å²) in [7, 11) is 1.69. The molecule has 0 saturated carbocycles. The van der Waals surface area contributed by atoms with Crippen molar-refractivity contribution in [1.29, 1.82) is 5.26 Å². The maximum atomic E-state index is 11.7. The average Bonchev–Trinajstić information content (AvgIpc) is 2.44. The lowest BCUT2D eigenvalue weighted by Crippen LogP contribution is -2.36. The number of hydrogen-bond acceptors (Lipinski definition) is 5. The molecule has 1 aromatic rings. The number of nitrogens with zero attached hydrogens (tertiary/aromatic N) is 3. The van der Waals surface area contributed by atoms with Crippen LogP contribution in [-0.2, 0) is 4.79 Å². The summed E-state index contributed by atoms with van der Waals surface area (Å²) in [5, 5.41) is 22.5. The first-order valence-corrected chi connectivity index (χ1v) is 6.51. The fourth-order valence-corrected chi connectivity index (χ4v) is 1.69. The number of anilines is 1. The normalized spacial score (nSPS) is 10.0. The summed E-state index contributed by atoms with van der Waals surface area (Å²) in [5.41, 5.74) is 0.322. The highest BCUT2D eigenvalue weighted by Crippen LogP contribution is 2.23. The van der Waals surface area contributed by atoms with Crippen molar-refractivity contribution in [2.45, 2.75) is 13.8 Å². The van der Waals surface area contributed by atoms with Gasteiger partial charge in [0.2, 0.25) is 5.91 Å². The van der Waals surface area contributed by atoms with E-state index in [0.29, 0.717) is 18.2 Å². The van der Waals surface area contributed by atoms with Gasteiger partial charge < -0.3 is 10.2 Å². The molecule has 7 nitrogen and oxygen atoms in total. The van der Waals surface area contributed by atoms with E-state index in [1.54, 1.807) is 18.0 Å². The van der Waals surface area contributed by atoms with E-state index in [0.717, 1.165) is 0 Å². The lowest BCUT2D eigenvalue weighted by atomic mass is 10.1. The Morgan fingerprint density at radius 2 is 2.19 bits per heavy atom. The van der Waals surface area contributed by atoms with E-state index in [9.17, 15) is 14.9 Å². The minimum atomic E-state index is -0.600. The Kier molecular flexibility index (Phi) is 5.67. The predicted molar refractivity (Wildman–Crippen MR) is 78.9 cm³/mol. The number of nitriles is 1. The molecular weight excluding hydrogens is 272 g/mol. The molecule has 1 aromatic carbocycles. The Balaban J connectivity index is 2.79. The number of likely N-dealkylation sites (N-methyl/N-ethyl adjacent to an activating group) is 1. The van der Waals surface area contributed by atoms with Gasteiger partial charge in [-0.1, -0.05) is 13.8 Å². The molecule has 112 valence electrons. The first-order valence-electron chi connectivity index (χ1n) is 6.51. The van der Waals surface area contributed by atoms with Crippen molar-refractivity contribution in [3.05, 3.63) is 33.9 Å². The maximum absolute atomic E-state index is 11.7. The zero-order valence-corrected chi connectivity index (χ0v) is 12.3. The molecule has 0 aromatic heterocycles. The molecule has 1 N–H and O–H groups in total. The second-order valence-corrected chi connectivity index (χ2v) is 5.12. The summed E-state index contributed by atoms with van der Waals surface area (Å²) >= 11 is 0. The van der Waals surface area contributed by atoms with Crippen LogP contribution in [0.15, 0.2) is 18.2 Å². The van der Waals surface area contributed by atoms with Crippen LogP contribution in [0, 0.1) is 27.4 Å². The lowest BCUT2D eigenvalue weighted by molar-refractivity contribution is -0.385. The van der Waals surface area contributed by atoms with E-state index in [4.69, 9.17) is 5.26 Å². The Bertz CT molecular complexity index is 578. The third-order valence-corrected chi connectivity index (χ3v) is 2.83. The van der Waals surface area contributed by atoms with Gasteiger partial charge >= 0.3 is 0 Å². The average molecular weight is 290 g/mol. The van der Waals surface area contributed by atoms with Crippen molar-refractivity contribution < 1.29 is 9.72 Å². The molecule has 0 aliphatic rings. The molecule has 1 amide bonds. The molecule has 0 bridgehead atoms. The number of hydrogen-bond donors (Lipinski definition) is 1. The molecule has 7 heteroatoms. The summed E-state index contributed by atoms with van der Waals surface area (Å²) in [6, 6.07) is 6.00. The molecule has 0 saturated heterocycles. The van der Waals surface area contributed by atoms with E-state index in [1.165, 1.54) is 18.2 Å². The highest BCUT2D eigenvalue weighted by molar-refractivity contribution is 5.81. The smallest absolute Gasteiger partial charge is 0.287 e. The number of carbonyl (C=O) groups is 1. The minimum absolute atomic E-state index is 0.0214. The second-order valence-electron chi connectivity index (χ2n) is 5.12. The van der Waals surface area contributed by atoms with Crippen LogP contribution in [0.25, 0.3) is 0 Å². The molecule has 0 radical (unpaired) electrons. The predicted octanol–water partition coefficient (Wildman–Crippen LogP) is 1.67. The number of nitro benzene ring substituents is 1. The quantitative estimate of drug-likeness (QED) is 0.634. The van der Waals surface area contributed by atoms with Gasteiger partial charge in [0.25, 0.3) is 5.69 Å². The van der Waals surface area contributed by atoms with Gasteiger partial charge in [0.05, 0.1) is 11.5 Å². The Labute approximate surface area is 123 Å². The third kappa shape index (κ3) is 4.76. The van der Waals surface area contributed by atoms with Crippen molar-refractivity contribution in [3.63, 3.8) is 0 Å². The molecule has 0 aliphatic carbocycles. The zero-order valence-electron chi connectivity index (χ0n) is 12.3. The Morgan fingerprint density at radius 3 is 2.71 bits per heavy atom. The van der Waals surface area contributed by atoms with Gasteiger partial charge in [0, 0.05) is 25.3 Å². The third-order valence-electron chi connectivity index (χ3n) is 2.83. The van der Waals surface area contributed by atoms with Crippen LogP contribution >= 0.6 is 0 Å². The van der Waals surface area contributed by atoms with Crippen LogP contribution in [0.1, 0.15) is 19.4 Å². The molecule has 0 aliphatic heterocycles. The zero-order chi connectivity index (χ0) is 16.0. The molecule has 21 heavy (non-hydrogen) atoms. The van der Waals surface area contributed by atoms with E-state index < -0.39 is 4.92 Å². The van der Waals surface area contributed by atoms with Gasteiger partial charge in [-0.25, -0.2) is 0 Å². The molecule has 0 spiro atoms. The first-order chi connectivity index (χ1) is 9.85. The highest BCUT2D eigenvalue weighted by atomic mass is 16.6. The molecule has 1 rings (SSSR count). The number of nitrogens with one attached hydrogen (secondary N) is 1. The fourth-order valence-electron chi connectivity index (χ4n) is 1.69. The first kappa shape index (κ1) is 16.4. The lowest BCUT2D eigenvalue weighted by Gasteiger charge is -2.19. The molecule has 0 atom stereocenters. The van der Waals surface area contributed by atoms with Crippen molar-refractivity contribution >= 4 is 17.3 Å². The van der Waals surface area contributed by atoms with Crippen molar-refractivity contribution in [2.24, 2.45) is 5.92 Å². The monoisotopic (exact) mass is 290 g/mol. The summed E-state index contributed by atoms with van der Waals surface area (Å²) < 4.78 is 0. The number of nitro groups is 1. The van der Waals surface area contributed by atoms with Gasteiger partial charge in [-0.2, -0.15) is 5.26 Å². The van der Waals surface area contributed by atoms with Crippen LogP contribution < -0.4 is 10.2 Å². The summed E-state index contributed by atoms with van der Waals surface area (Å²) in [4.78, 5) is 23.5. The van der Waals surface area contributed by atoms with Crippen LogP contribution in [-0.4, -0.2) is 31.0 Å². The maximum Gasteiger partial charge on any atom is 0.287 e. The van der Waals surface area contributed by atoms with Gasteiger partial charge in [-0.3, -0.25) is 14.9 Å². The van der Waals surface area contributed by atoms with Gasteiger partial charge in [0.15, 0.2) is 0 Å². The summed E-state index contributed by atoms with van der Waals surface area (Å²) in [6.07, 6.45) is 0. The highest BCUT2D eigenvalue weighted by Gasteiger charge is 2.16. The van der Waals surface area contributed by atoms with Gasteiger partial charge in [-0.05, 0) is 18.1 Å². The summed E-state index contributed by atoms with van der Waals surface area (Å²) in [5.74, 6) is 0.229.